The van der Waals surface area contributed by atoms with Crippen LogP contribution in [0, 0.1) is 17.8 Å². The van der Waals surface area contributed by atoms with Crippen molar-refractivity contribution in [3.8, 4) is 0 Å². The van der Waals surface area contributed by atoms with Crippen molar-refractivity contribution in [2.45, 2.75) is 28.7 Å². The molecule has 3 radical (unpaired) electrons. The first kappa shape index (κ1) is 56.4. The van der Waals surface area contributed by atoms with Crippen molar-refractivity contribution in [3.05, 3.63) is 6.57 Å². The molecule has 0 aromatic carbocycles. The van der Waals surface area contributed by atoms with E-state index in [-0.39, 0.29) is 52.8 Å². The van der Waals surface area contributed by atoms with E-state index in [1.54, 1.807) is 0 Å². The fourth-order valence-electron chi connectivity index (χ4n) is 0. The van der Waals surface area contributed by atoms with E-state index in [9.17, 15) is 0 Å². The molecule has 3 nitrogen and oxygen atoms in total. The molecule has 0 aliphatic rings. The van der Waals surface area contributed by atoms with Gasteiger partial charge in [0, 0.05) is 15.5 Å². The molecule has 0 aliphatic heterocycles. The van der Waals surface area contributed by atoms with Crippen molar-refractivity contribution < 1.29 is 34.7 Å². The van der Waals surface area contributed by atoms with Crippen LogP contribution in [-0.4, -0.2) is 33.0 Å². The van der Waals surface area contributed by atoms with E-state index in [1.807, 2.05) is 5.83 Å². The zero-order chi connectivity index (χ0) is 10.3. The third-order valence-electron chi connectivity index (χ3n) is 0.471. The van der Waals surface area contributed by atoms with Crippen LogP contribution in [0.1, 0.15) is 28.7 Å². The van der Waals surface area contributed by atoms with Gasteiger partial charge < -0.3 is 22.7 Å². The first-order valence-corrected chi connectivity index (χ1v) is 4.61. The Morgan fingerprint density at radius 2 is 1.27 bits per heavy atom. The summed E-state index contributed by atoms with van der Waals surface area (Å²) in [7, 11) is 1.00. The van der Waals surface area contributed by atoms with Gasteiger partial charge in [-0.05, 0) is 18.3 Å². The molecule has 0 heterocycles. The van der Waals surface area contributed by atoms with Crippen molar-refractivity contribution >= 4 is 24.3 Å². The minimum Gasteiger partial charge on any atom is -0.512 e. The average molecular weight is 292 g/mol. The van der Waals surface area contributed by atoms with Crippen LogP contribution < -0.4 is 35.3 Å². The van der Waals surface area contributed by atoms with Crippen LogP contribution in [0.3, 0.4) is 0 Å². The fourth-order valence-corrected chi connectivity index (χ4v) is 0. The van der Waals surface area contributed by atoms with Crippen LogP contribution in [0.4, 0.5) is 0 Å². The van der Waals surface area contributed by atoms with Crippen LogP contribution in [0.5, 0.6) is 0 Å². The summed E-state index contributed by atoms with van der Waals surface area (Å²) in [5.74, 6) is 2.47. The Kier molecular flexibility index (Phi) is 446. The minimum absolute atomic E-state index is 0. The number of aliphatic hydroxyl groups is 1. The Morgan fingerprint density at radius 1 is 1.20 bits per heavy atom. The summed E-state index contributed by atoms with van der Waals surface area (Å²) in [6, 6.07) is 0. The smallest absolute Gasteiger partial charge is 0.512 e. The van der Waals surface area contributed by atoms with Gasteiger partial charge in [-0.3, -0.25) is 0 Å². The van der Waals surface area contributed by atoms with Gasteiger partial charge in [0.05, 0.1) is 0 Å². The van der Waals surface area contributed by atoms with Crippen molar-refractivity contribution in [3.63, 3.8) is 0 Å². The molecule has 0 aromatic rings. The molecule has 3 N–H and O–H groups in total. The average Bonchev–Trinajstić information content (AvgIpc) is 2.15. The number of nitrogens with zero attached hydrogens (tertiary/aromatic N) is 1. The molecule has 0 aromatic heterocycles. The molecule has 0 fully saturated rings. The second kappa shape index (κ2) is 119. The summed E-state index contributed by atoms with van der Waals surface area (Å²) in [6.07, 6.45) is 0. The molecule has 0 saturated heterocycles. The van der Waals surface area contributed by atoms with Gasteiger partial charge in [0.25, 0.3) is 0 Å². The minimum atomic E-state index is 0. The van der Waals surface area contributed by atoms with E-state index in [0.29, 0.717) is 5.92 Å². The Hall–Kier alpha value is 0.955. The maximum atomic E-state index is 7.00. The number of rotatable bonds is 1. The van der Waals surface area contributed by atoms with Gasteiger partial charge in [-0.25, -0.2) is 0 Å². The largest absolute Gasteiger partial charge is 1.00 e. The van der Waals surface area contributed by atoms with Crippen LogP contribution in [0.25, 0.3) is 0 Å². The summed E-state index contributed by atoms with van der Waals surface area (Å²) in [4.78, 5) is 0. The van der Waals surface area contributed by atoms with E-state index < -0.39 is 0 Å². The summed E-state index contributed by atoms with van der Waals surface area (Å²) < 4.78 is 0. The number of halogens is 1. The fraction of sp³-hybridized carbons (Fsp3) is 0.889. The third kappa shape index (κ3) is 287. The summed E-state index contributed by atoms with van der Waals surface area (Å²) >= 11 is 2.94. The molecule has 0 unspecified atom stereocenters. The topological polar surface area (TPSA) is 70.0 Å². The zero-order valence-corrected chi connectivity index (χ0v) is 12.8. The SMILES string of the molecule is C.C.CBr.CC(C)CN.CO.[B].[C-]#N.[Na+]. The normalized spacial score (nSPS) is 4.13. The van der Waals surface area contributed by atoms with Gasteiger partial charge in [0.1, 0.15) is 0 Å². The maximum Gasteiger partial charge on any atom is 1.00 e. The summed E-state index contributed by atoms with van der Waals surface area (Å²) in [5.41, 5.74) is 5.17. The monoisotopic (exact) mass is 291 g/mol. The molecule has 0 saturated carbocycles. The predicted molar refractivity (Wildman–Crippen MR) is 71.1 cm³/mol. The van der Waals surface area contributed by atoms with Crippen molar-refractivity contribution in [2.75, 3.05) is 19.5 Å². The van der Waals surface area contributed by atoms with Crippen molar-refractivity contribution in [2.24, 2.45) is 11.7 Å². The van der Waals surface area contributed by atoms with E-state index in [2.05, 4.69) is 29.8 Å². The quantitative estimate of drug-likeness (QED) is 0.378. The summed E-state index contributed by atoms with van der Waals surface area (Å²) in [6.45, 7) is 9.75. The van der Waals surface area contributed by atoms with E-state index >= 15 is 0 Å². The molecule has 0 rings (SSSR count). The number of hydrogen-bond acceptors (Lipinski definition) is 3. The Labute approximate surface area is 130 Å². The molecular weight excluding hydrogens is 266 g/mol. The number of alkyl halides is 1. The third-order valence-corrected chi connectivity index (χ3v) is 0.471. The molecule has 15 heavy (non-hydrogen) atoms. The van der Waals surface area contributed by atoms with Crippen LogP contribution in [0.2, 0.25) is 0 Å². The predicted octanol–water partition coefficient (Wildman–Crippen LogP) is -0.788. The van der Waals surface area contributed by atoms with Crippen LogP contribution in [0.15, 0.2) is 0 Å². The van der Waals surface area contributed by atoms with Crippen molar-refractivity contribution in [1.29, 1.82) is 5.26 Å². The Bertz CT molecular complexity index is 60.6. The Morgan fingerprint density at radius 3 is 1.27 bits per heavy atom. The molecule has 6 heteroatoms. The summed E-state index contributed by atoms with van der Waals surface area (Å²) in [5, 5.41) is 13.2. The van der Waals surface area contributed by atoms with Crippen LogP contribution >= 0.6 is 15.9 Å². The number of hydrogen-bond donors (Lipinski definition) is 2. The second-order valence-electron chi connectivity index (χ2n) is 1.63. The zero-order valence-electron chi connectivity index (χ0n) is 9.21. The van der Waals surface area contributed by atoms with Gasteiger partial charge in [0.15, 0.2) is 0 Å². The molecule has 0 atom stereocenters. The molecule has 0 bridgehead atoms. The molecule has 0 spiro atoms. The molecular formula is C9H26BBrN2NaO. The second-order valence-corrected chi connectivity index (χ2v) is 1.63. The molecule has 0 amide bonds. The van der Waals surface area contributed by atoms with Crippen LogP contribution in [-0.2, 0) is 0 Å². The number of aliphatic hydroxyl groups excluding tert-OH is 1. The van der Waals surface area contributed by atoms with E-state index in [4.69, 9.17) is 22.7 Å². The maximum absolute atomic E-state index is 7.00. The Balaban J connectivity index is -0.00000000736. The first-order valence-electron chi connectivity index (χ1n) is 3.02. The van der Waals surface area contributed by atoms with Gasteiger partial charge in [-0.15, -0.1) is 0 Å². The standard InChI is InChI=1S/C4H11N.CH3Br.CN.CH4O.2CH4.B.Na/c1-4(2)3-5;3*1-2;;;;/h4H,3,5H2,1-2H3;1H3;;2H,1H3;2*1H4;;/q;;-1;;;;;+1. The van der Waals surface area contributed by atoms with E-state index in [1.165, 1.54) is 0 Å². The first-order chi connectivity index (χ1) is 5.27. The molecule has 0 aliphatic carbocycles. The number of nitrogens with two attached hydrogens (primary N) is 1. The van der Waals surface area contributed by atoms with Gasteiger partial charge in [0.2, 0.25) is 0 Å². The van der Waals surface area contributed by atoms with Gasteiger partial charge in [-0.2, -0.15) is 0 Å². The van der Waals surface area contributed by atoms with E-state index in [0.717, 1.165) is 13.7 Å². The molecule has 89 valence electrons. The van der Waals surface area contributed by atoms with Gasteiger partial charge in [-0.1, -0.05) is 44.6 Å². The van der Waals surface area contributed by atoms with Crippen molar-refractivity contribution in [1.82, 2.24) is 0 Å². The van der Waals surface area contributed by atoms with Gasteiger partial charge >= 0.3 is 29.6 Å².